The van der Waals surface area contributed by atoms with Crippen LogP contribution in [-0.2, 0) is 7.05 Å². The molecule has 1 heterocycles. The van der Waals surface area contributed by atoms with Gasteiger partial charge in [-0.25, -0.2) is 4.39 Å². The summed E-state index contributed by atoms with van der Waals surface area (Å²) >= 11 is 0. The van der Waals surface area contributed by atoms with E-state index in [1.54, 1.807) is 18.2 Å². The second kappa shape index (κ2) is 4.10. The highest BCUT2D eigenvalue weighted by Gasteiger charge is 2.06. The van der Waals surface area contributed by atoms with Gasteiger partial charge in [-0.15, -0.1) is 0 Å². The average molecular weight is 218 g/mol. The first kappa shape index (κ1) is 10.9. The van der Waals surface area contributed by atoms with E-state index < -0.39 is 0 Å². The van der Waals surface area contributed by atoms with Crippen LogP contribution in [0.2, 0.25) is 0 Å². The van der Waals surface area contributed by atoms with E-state index >= 15 is 0 Å². The molecule has 0 spiro atoms. The molecule has 0 bridgehead atoms. The number of nitrogens with zero attached hydrogens (tertiary/aromatic N) is 1. The van der Waals surface area contributed by atoms with E-state index in [0.29, 0.717) is 12.1 Å². The van der Waals surface area contributed by atoms with Crippen molar-refractivity contribution in [1.82, 2.24) is 4.57 Å². The maximum Gasteiger partial charge on any atom is 0.131 e. The van der Waals surface area contributed by atoms with Crippen molar-refractivity contribution in [2.75, 3.05) is 6.54 Å². The van der Waals surface area contributed by atoms with Gasteiger partial charge in [-0.2, -0.15) is 0 Å². The molecular formula is C13H15FN2. The highest BCUT2D eigenvalue weighted by atomic mass is 19.1. The highest BCUT2D eigenvalue weighted by molar-refractivity contribution is 5.83. The van der Waals surface area contributed by atoms with Crippen molar-refractivity contribution in [2.24, 2.45) is 12.8 Å². The van der Waals surface area contributed by atoms with Gasteiger partial charge in [-0.3, -0.25) is 0 Å². The number of halogens is 1. The summed E-state index contributed by atoms with van der Waals surface area (Å²) in [6.07, 6.45) is 3.47. The molecule has 16 heavy (non-hydrogen) atoms. The molecule has 2 rings (SSSR count). The largest absolute Gasteiger partial charge is 0.348 e. The van der Waals surface area contributed by atoms with Gasteiger partial charge in [-0.05, 0) is 25.1 Å². The third-order valence-electron chi connectivity index (χ3n) is 2.83. The summed E-state index contributed by atoms with van der Waals surface area (Å²) in [5, 5.41) is 0.933. The molecule has 0 radical (unpaired) electrons. The van der Waals surface area contributed by atoms with Gasteiger partial charge in [0.2, 0.25) is 0 Å². The van der Waals surface area contributed by atoms with E-state index in [1.165, 1.54) is 0 Å². The molecule has 1 aromatic carbocycles. The molecular weight excluding hydrogens is 203 g/mol. The molecule has 2 N–H and O–H groups in total. The van der Waals surface area contributed by atoms with Gasteiger partial charge in [0.05, 0.1) is 0 Å². The maximum atomic E-state index is 13.7. The summed E-state index contributed by atoms with van der Waals surface area (Å²) in [4.78, 5) is 0. The Morgan fingerprint density at radius 1 is 1.38 bits per heavy atom. The van der Waals surface area contributed by atoms with Crippen molar-refractivity contribution < 1.29 is 4.39 Å². The van der Waals surface area contributed by atoms with E-state index in [0.717, 1.165) is 16.6 Å². The Hall–Kier alpha value is -1.61. The molecule has 84 valence electrons. The van der Waals surface area contributed by atoms with Gasteiger partial charge in [0.25, 0.3) is 0 Å². The molecule has 3 heteroatoms. The lowest BCUT2D eigenvalue weighted by Crippen LogP contribution is -1.93. The van der Waals surface area contributed by atoms with Gasteiger partial charge in [0.1, 0.15) is 5.82 Å². The van der Waals surface area contributed by atoms with Crippen LogP contribution in [0.15, 0.2) is 24.3 Å². The first-order valence-electron chi connectivity index (χ1n) is 5.25. The third kappa shape index (κ3) is 1.74. The van der Waals surface area contributed by atoms with Crippen LogP contribution in [0.1, 0.15) is 11.3 Å². The number of aromatic nitrogens is 1. The van der Waals surface area contributed by atoms with E-state index in [9.17, 15) is 4.39 Å². The van der Waals surface area contributed by atoms with Crippen LogP contribution in [-0.4, -0.2) is 11.1 Å². The second-order valence-electron chi connectivity index (χ2n) is 3.92. The Kier molecular flexibility index (Phi) is 2.79. The van der Waals surface area contributed by atoms with Crippen LogP contribution < -0.4 is 5.73 Å². The van der Waals surface area contributed by atoms with Crippen LogP contribution in [0.4, 0.5) is 4.39 Å². The molecule has 0 saturated heterocycles. The number of nitrogens with two attached hydrogens (primary N) is 1. The Labute approximate surface area is 94.2 Å². The lowest BCUT2D eigenvalue weighted by molar-refractivity contribution is 0.627. The van der Waals surface area contributed by atoms with E-state index in [2.05, 4.69) is 4.57 Å². The minimum atomic E-state index is -0.206. The second-order valence-corrected chi connectivity index (χ2v) is 3.92. The summed E-state index contributed by atoms with van der Waals surface area (Å²) in [5.74, 6) is -0.206. The minimum absolute atomic E-state index is 0.206. The number of fused-ring (bicyclic) bond motifs is 1. The summed E-state index contributed by atoms with van der Waals surface area (Å²) in [6, 6.07) is 5.40. The fourth-order valence-corrected chi connectivity index (χ4v) is 1.83. The fraction of sp³-hybridized carbons (Fsp3) is 0.231. The van der Waals surface area contributed by atoms with Gasteiger partial charge < -0.3 is 10.3 Å². The Balaban J connectivity index is 2.64. The average Bonchev–Trinajstić information content (AvgIpc) is 2.52. The molecule has 0 amide bonds. The molecule has 0 unspecified atom stereocenters. The number of aryl methyl sites for hydroxylation is 2. The first-order chi connectivity index (χ1) is 7.63. The summed E-state index contributed by atoms with van der Waals surface area (Å²) < 4.78 is 15.7. The normalized spacial score (nSPS) is 11.8. The molecule has 0 atom stereocenters. The molecule has 0 aliphatic heterocycles. The quantitative estimate of drug-likeness (QED) is 0.825. The Morgan fingerprint density at radius 2 is 2.12 bits per heavy atom. The maximum absolute atomic E-state index is 13.7. The van der Waals surface area contributed by atoms with E-state index in [1.807, 2.05) is 26.1 Å². The zero-order valence-corrected chi connectivity index (χ0v) is 9.50. The molecule has 0 fully saturated rings. The molecule has 1 aromatic heterocycles. The van der Waals surface area contributed by atoms with Crippen molar-refractivity contribution in [3.8, 4) is 0 Å². The van der Waals surface area contributed by atoms with Crippen molar-refractivity contribution in [3.63, 3.8) is 0 Å². The predicted octanol–water partition coefficient (Wildman–Crippen LogP) is 2.60. The van der Waals surface area contributed by atoms with Gasteiger partial charge in [0.15, 0.2) is 0 Å². The lowest BCUT2D eigenvalue weighted by Gasteiger charge is -2.01. The zero-order chi connectivity index (χ0) is 11.7. The summed E-state index contributed by atoms with van der Waals surface area (Å²) in [6.45, 7) is 2.43. The number of hydrogen-bond donors (Lipinski definition) is 1. The summed E-state index contributed by atoms with van der Waals surface area (Å²) in [5.41, 5.74) is 8.10. The first-order valence-corrected chi connectivity index (χ1v) is 5.25. The van der Waals surface area contributed by atoms with Crippen LogP contribution in [0.25, 0.3) is 17.0 Å². The van der Waals surface area contributed by atoms with E-state index in [-0.39, 0.29) is 5.82 Å². The monoisotopic (exact) mass is 218 g/mol. The minimum Gasteiger partial charge on any atom is -0.348 e. The molecule has 2 nitrogen and oxygen atoms in total. The van der Waals surface area contributed by atoms with E-state index in [4.69, 9.17) is 5.73 Å². The fourth-order valence-electron chi connectivity index (χ4n) is 1.83. The highest BCUT2D eigenvalue weighted by Crippen LogP contribution is 2.23. The summed E-state index contributed by atoms with van der Waals surface area (Å²) in [7, 11) is 1.98. The number of rotatable bonds is 2. The molecule has 0 aliphatic carbocycles. The topological polar surface area (TPSA) is 30.9 Å². The Morgan fingerprint density at radius 3 is 2.81 bits per heavy atom. The standard InChI is InChI=1S/C13H15FN2/c1-9-6-11-7-12(14)10(4-3-5-15)8-13(11)16(9)2/h3-4,6-8H,5,15H2,1-2H3/b4-3+. The van der Waals surface area contributed by atoms with Crippen LogP contribution >= 0.6 is 0 Å². The van der Waals surface area contributed by atoms with Crippen molar-refractivity contribution >= 4 is 17.0 Å². The van der Waals surface area contributed by atoms with Gasteiger partial charge in [-0.1, -0.05) is 12.2 Å². The predicted molar refractivity (Wildman–Crippen MR) is 65.7 cm³/mol. The SMILES string of the molecule is Cc1cc2cc(F)c(/C=C/CN)cc2n1C. The lowest BCUT2D eigenvalue weighted by atomic mass is 10.1. The van der Waals surface area contributed by atoms with Crippen molar-refractivity contribution in [1.29, 1.82) is 0 Å². The third-order valence-corrected chi connectivity index (χ3v) is 2.83. The number of benzene rings is 1. The molecule has 0 saturated carbocycles. The van der Waals surface area contributed by atoms with Crippen LogP contribution in [0.5, 0.6) is 0 Å². The van der Waals surface area contributed by atoms with Crippen LogP contribution in [0, 0.1) is 12.7 Å². The zero-order valence-electron chi connectivity index (χ0n) is 9.50. The molecule has 0 aliphatic rings. The molecule has 2 aromatic rings. The Bertz CT molecular complexity index is 553. The van der Waals surface area contributed by atoms with Gasteiger partial charge in [0, 0.05) is 35.8 Å². The van der Waals surface area contributed by atoms with Crippen molar-refractivity contribution in [3.05, 3.63) is 41.3 Å². The smallest absolute Gasteiger partial charge is 0.131 e. The van der Waals surface area contributed by atoms with Crippen molar-refractivity contribution in [2.45, 2.75) is 6.92 Å². The number of hydrogen-bond acceptors (Lipinski definition) is 1. The van der Waals surface area contributed by atoms with Gasteiger partial charge >= 0.3 is 0 Å². The van der Waals surface area contributed by atoms with Crippen LogP contribution in [0.3, 0.4) is 0 Å².